The summed E-state index contributed by atoms with van der Waals surface area (Å²) in [5.74, 6) is 0. The number of rotatable bonds is 4. The van der Waals surface area contributed by atoms with E-state index in [1.165, 1.54) is 0 Å². The third-order valence-corrected chi connectivity index (χ3v) is 2.83. The second-order valence-corrected chi connectivity index (χ2v) is 4.20. The second kappa shape index (κ2) is 6.01. The van der Waals surface area contributed by atoms with Crippen LogP contribution in [0.5, 0.6) is 0 Å². The Kier molecular flexibility index (Phi) is 4.15. The molecule has 6 nitrogen and oxygen atoms in total. The van der Waals surface area contributed by atoms with Crippen LogP contribution in [0.3, 0.4) is 0 Å². The van der Waals surface area contributed by atoms with Gasteiger partial charge in [-0.2, -0.15) is 5.10 Å². The number of carbonyl (C=O) groups excluding carboxylic acids is 1. The SMILES string of the molecule is CNC(C)c1cccc(NC(=O)Nc2cn[nH]c2)c1. The van der Waals surface area contributed by atoms with Crippen molar-refractivity contribution in [3.8, 4) is 0 Å². The first-order valence-electron chi connectivity index (χ1n) is 6.03. The van der Waals surface area contributed by atoms with Gasteiger partial charge in [-0.15, -0.1) is 0 Å². The van der Waals surface area contributed by atoms with E-state index in [2.05, 4.69) is 33.1 Å². The van der Waals surface area contributed by atoms with Gasteiger partial charge >= 0.3 is 6.03 Å². The maximum atomic E-state index is 11.8. The van der Waals surface area contributed by atoms with Gasteiger partial charge in [0.1, 0.15) is 0 Å². The standard InChI is InChI=1S/C13H17N5O/c1-9(14-2)10-4-3-5-11(6-10)17-13(19)18-12-7-15-16-8-12/h3-9,14H,1-2H3,(H,15,16)(H2,17,18,19). The minimum absolute atomic E-state index is 0.235. The van der Waals surface area contributed by atoms with E-state index in [-0.39, 0.29) is 12.1 Å². The molecule has 0 saturated heterocycles. The number of benzene rings is 1. The molecule has 2 rings (SSSR count). The molecule has 1 unspecified atom stereocenters. The van der Waals surface area contributed by atoms with Gasteiger partial charge in [0.05, 0.1) is 11.9 Å². The molecule has 1 atom stereocenters. The van der Waals surface area contributed by atoms with Crippen LogP contribution in [0.15, 0.2) is 36.7 Å². The van der Waals surface area contributed by atoms with E-state index in [4.69, 9.17) is 0 Å². The molecule has 0 saturated carbocycles. The van der Waals surface area contributed by atoms with Crippen LogP contribution in [0.25, 0.3) is 0 Å². The average Bonchev–Trinajstić information content (AvgIpc) is 2.90. The van der Waals surface area contributed by atoms with Gasteiger partial charge in [0.15, 0.2) is 0 Å². The summed E-state index contributed by atoms with van der Waals surface area (Å²) in [5, 5.41) is 15.0. The van der Waals surface area contributed by atoms with Gasteiger partial charge in [-0.25, -0.2) is 4.79 Å². The Morgan fingerprint density at radius 1 is 1.32 bits per heavy atom. The zero-order valence-corrected chi connectivity index (χ0v) is 10.9. The fraction of sp³-hybridized carbons (Fsp3) is 0.231. The fourth-order valence-electron chi connectivity index (χ4n) is 1.67. The van der Waals surface area contributed by atoms with Gasteiger partial charge in [0.2, 0.25) is 0 Å². The molecule has 100 valence electrons. The zero-order valence-electron chi connectivity index (χ0n) is 10.9. The average molecular weight is 259 g/mol. The molecule has 19 heavy (non-hydrogen) atoms. The first-order valence-corrected chi connectivity index (χ1v) is 6.03. The van der Waals surface area contributed by atoms with Crippen molar-refractivity contribution >= 4 is 17.4 Å². The molecular weight excluding hydrogens is 242 g/mol. The number of urea groups is 1. The fourth-order valence-corrected chi connectivity index (χ4v) is 1.67. The molecular formula is C13H17N5O. The van der Waals surface area contributed by atoms with Crippen LogP contribution in [0, 0.1) is 0 Å². The number of carbonyl (C=O) groups is 1. The summed E-state index contributed by atoms with van der Waals surface area (Å²) >= 11 is 0. The van der Waals surface area contributed by atoms with Gasteiger partial charge in [-0.05, 0) is 31.7 Å². The quantitative estimate of drug-likeness (QED) is 0.680. The van der Waals surface area contributed by atoms with Crippen molar-refractivity contribution in [3.05, 3.63) is 42.2 Å². The van der Waals surface area contributed by atoms with Crippen molar-refractivity contribution in [2.45, 2.75) is 13.0 Å². The summed E-state index contributed by atoms with van der Waals surface area (Å²) in [4.78, 5) is 11.8. The second-order valence-electron chi connectivity index (χ2n) is 4.20. The summed E-state index contributed by atoms with van der Waals surface area (Å²) in [6.07, 6.45) is 3.15. The maximum Gasteiger partial charge on any atom is 0.323 e. The Morgan fingerprint density at radius 3 is 2.79 bits per heavy atom. The molecule has 4 N–H and O–H groups in total. The van der Waals surface area contributed by atoms with Crippen LogP contribution in [0.2, 0.25) is 0 Å². The predicted molar refractivity (Wildman–Crippen MR) is 75.1 cm³/mol. The summed E-state index contributed by atoms with van der Waals surface area (Å²) in [6, 6.07) is 7.66. The van der Waals surface area contributed by atoms with E-state index in [0.29, 0.717) is 5.69 Å². The molecule has 2 aromatic rings. The first-order chi connectivity index (χ1) is 9.19. The number of H-pyrrole nitrogens is 1. The van der Waals surface area contributed by atoms with Gasteiger partial charge in [0, 0.05) is 17.9 Å². The number of amides is 2. The molecule has 1 aromatic heterocycles. The van der Waals surface area contributed by atoms with Crippen LogP contribution < -0.4 is 16.0 Å². The van der Waals surface area contributed by atoms with Gasteiger partial charge in [0.25, 0.3) is 0 Å². The minimum Gasteiger partial charge on any atom is -0.313 e. The lowest BCUT2D eigenvalue weighted by Crippen LogP contribution is -2.19. The molecule has 0 radical (unpaired) electrons. The summed E-state index contributed by atoms with van der Waals surface area (Å²) in [7, 11) is 1.90. The molecule has 6 heteroatoms. The van der Waals surface area contributed by atoms with Crippen LogP contribution in [-0.2, 0) is 0 Å². The Morgan fingerprint density at radius 2 is 2.11 bits per heavy atom. The lowest BCUT2D eigenvalue weighted by molar-refractivity contribution is 0.262. The van der Waals surface area contributed by atoms with E-state index < -0.39 is 0 Å². The lowest BCUT2D eigenvalue weighted by Gasteiger charge is -2.12. The zero-order chi connectivity index (χ0) is 13.7. The molecule has 1 aromatic carbocycles. The molecule has 2 amide bonds. The van der Waals surface area contributed by atoms with E-state index in [0.717, 1.165) is 11.3 Å². The van der Waals surface area contributed by atoms with E-state index in [1.54, 1.807) is 12.4 Å². The molecule has 0 aliphatic rings. The molecule has 0 fully saturated rings. The molecule has 0 aliphatic carbocycles. The Labute approximate surface area is 111 Å². The van der Waals surface area contributed by atoms with Crippen molar-refractivity contribution in [2.24, 2.45) is 0 Å². The van der Waals surface area contributed by atoms with E-state index >= 15 is 0 Å². The van der Waals surface area contributed by atoms with Crippen molar-refractivity contribution in [3.63, 3.8) is 0 Å². The predicted octanol–water partition coefficient (Wildman–Crippen LogP) is 2.33. The highest BCUT2D eigenvalue weighted by molar-refractivity contribution is 5.99. The number of hydrogen-bond acceptors (Lipinski definition) is 3. The normalized spacial score (nSPS) is 11.9. The molecule has 1 heterocycles. The highest BCUT2D eigenvalue weighted by Crippen LogP contribution is 2.17. The monoisotopic (exact) mass is 259 g/mol. The molecule has 0 aliphatic heterocycles. The Bertz CT molecular complexity index is 538. The van der Waals surface area contributed by atoms with Crippen molar-refractivity contribution in [1.29, 1.82) is 0 Å². The van der Waals surface area contributed by atoms with Crippen LogP contribution in [-0.4, -0.2) is 23.3 Å². The van der Waals surface area contributed by atoms with Gasteiger partial charge < -0.3 is 16.0 Å². The third-order valence-electron chi connectivity index (χ3n) is 2.83. The summed E-state index contributed by atoms with van der Waals surface area (Å²) in [5.41, 5.74) is 2.49. The van der Waals surface area contributed by atoms with Crippen LogP contribution in [0.4, 0.5) is 16.2 Å². The number of nitrogens with one attached hydrogen (secondary N) is 4. The summed E-state index contributed by atoms with van der Waals surface area (Å²) in [6.45, 7) is 2.06. The number of anilines is 2. The van der Waals surface area contributed by atoms with Crippen LogP contribution in [0.1, 0.15) is 18.5 Å². The minimum atomic E-state index is -0.296. The number of aromatic amines is 1. The van der Waals surface area contributed by atoms with Gasteiger partial charge in [-0.3, -0.25) is 5.10 Å². The smallest absolute Gasteiger partial charge is 0.313 e. The number of nitrogens with zero attached hydrogens (tertiary/aromatic N) is 1. The lowest BCUT2D eigenvalue weighted by atomic mass is 10.1. The van der Waals surface area contributed by atoms with E-state index in [1.807, 2.05) is 31.3 Å². The summed E-state index contributed by atoms with van der Waals surface area (Å²) < 4.78 is 0. The number of aromatic nitrogens is 2. The first kappa shape index (κ1) is 13.1. The molecule has 0 spiro atoms. The Balaban J connectivity index is 2.00. The maximum absolute atomic E-state index is 11.8. The number of hydrogen-bond donors (Lipinski definition) is 4. The largest absolute Gasteiger partial charge is 0.323 e. The highest BCUT2D eigenvalue weighted by Gasteiger charge is 2.06. The highest BCUT2D eigenvalue weighted by atomic mass is 16.2. The Hall–Kier alpha value is -2.34. The van der Waals surface area contributed by atoms with Crippen molar-refractivity contribution in [1.82, 2.24) is 15.5 Å². The van der Waals surface area contributed by atoms with Crippen LogP contribution >= 0.6 is 0 Å². The van der Waals surface area contributed by atoms with Crippen molar-refractivity contribution in [2.75, 3.05) is 17.7 Å². The molecule has 0 bridgehead atoms. The van der Waals surface area contributed by atoms with Gasteiger partial charge in [-0.1, -0.05) is 12.1 Å². The topological polar surface area (TPSA) is 81.8 Å². The van der Waals surface area contributed by atoms with Crippen molar-refractivity contribution < 1.29 is 4.79 Å². The van der Waals surface area contributed by atoms with E-state index in [9.17, 15) is 4.79 Å². The third kappa shape index (κ3) is 3.56.